The van der Waals surface area contributed by atoms with E-state index >= 15 is 0 Å². The lowest BCUT2D eigenvalue weighted by molar-refractivity contribution is -0.127. The number of benzene rings is 1. The van der Waals surface area contributed by atoms with Crippen molar-refractivity contribution in [3.63, 3.8) is 0 Å². The van der Waals surface area contributed by atoms with Crippen molar-refractivity contribution >= 4 is 12.6 Å². The van der Waals surface area contributed by atoms with Crippen LogP contribution < -0.4 is 5.46 Å². The summed E-state index contributed by atoms with van der Waals surface area (Å²) in [5.41, 5.74) is -0.774. The van der Waals surface area contributed by atoms with Crippen LogP contribution in [0.5, 0.6) is 0 Å². The monoisotopic (exact) mass is 222 g/mol. The van der Waals surface area contributed by atoms with E-state index in [-0.39, 0.29) is 5.46 Å². The predicted octanol–water partition coefficient (Wildman–Crippen LogP) is 0.610. The van der Waals surface area contributed by atoms with Gasteiger partial charge in [0.2, 0.25) is 0 Å². The third kappa shape index (κ3) is 3.52. The van der Waals surface area contributed by atoms with Gasteiger partial charge in [-0.15, -0.1) is 0 Å². The highest BCUT2D eigenvalue weighted by molar-refractivity contribution is 6.58. The van der Waals surface area contributed by atoms with Gasteiger partial charge in [0.05, 0.1) is 6.42 Å². The van der Waals surface area contributed by atoms with E-state index in [0.717, 1.165) is 18.2 Å². The number of rotatable bonds is 2. The zero-order valence-corrected chi connectivity index (χ0v) is 7.42. The van der Waals surface area contributed by atoms with E-state index in [0.29, 0.717) is 0 Å². The fourth-order valence-corrected chi connectivity index (χ4v) is 1.11. The number of hydrogen-bond acceptors (Lipinski definition) is 2. The second kappa shape index (κ2) is 4.20. The van der Waals surface area contributed by atoms with Crippen LogP contribution in [-0.2, 0) is 6.42 Å². The third-order valence-corrected chi connectivity index (χ3v) is 1.76. The lowest BCUT2D eigenvalue weighted by atomic mass is 9.79. The van der Waals surface area contributed by atoms with Crippen molar-refractivity contribution < 1.29 is 27.6 Å². The summed E-state index contributed by atoms with van der Waals surface area (Å²) in [7, 11) is -1.91. The fraction of sp³-hybridized carbons (Fsp3) is 0.250. The highest BCUT2D eigenvalue weighted by atomic mass is 19.4. The molecule has 82 valence electrons. The first-order valence-electron chi connectivity index (χ1n) is 4.01. The highest BCUT2D eigenvalue weighted by Crippen LogP contribution is 2.22. The average molecular weight is 222 g/mol. The second-order valence-electron chi connectivity index (χ2n) is 3.02. The number of alkyl halides is 3. The Hall–Kier alpha value is -1.08. The first-order valence-corrected chi connectivity index (χ1v) is 4.01. The van der Waals surface area contributed by atoms with Crippen molar-refractivity contribution in [3.8, 4) is 0 Å². The molecule has 1 aromatic carbocycles. The molecule has 7 heteroatoms. The standard InChI is InChI=1S/C8H7BF4O2/c10-7-2-1-6(9(14)15)3-5(7)4-8(11,12)13/h1-3,14-15H,4H2. The van der Waals surface area contributed by atoms with Crippen molar-refractivity contribution in [2.45, 2.75) is 12.6 Å². The van der Waals surface area contributed by atoms with Gasteiger partial charge in [-0.25, -0.2) is 4.39 Å². The summed E-state index contributed by atoms with van der Waals surface area (Å²) >= 11 is 0. The molecule has 1 rings (SSSR count). The topological polar surface area (TPSA) is 40.5 Å². The van der Waals surface area contributed by atoms with Crippen molar-refractivity contribution in [3.05, 3.63) is 29.6 Å². The molecular weight excluding hydrogens is 215 g/mol. The smallest absolute Gasteiger partial charge is 0.423 e. The Labute approximate surface area is 83.3 Å². The Bertz CT molecular complexity index is 351. The van der Waals surface area contributed by atoms with Gasteiger partial charge in [-0.3, -0.25) is 0 Å². The Morgan fingerprint density at radius 1 is 1.20 bits per heavy atom. The van der Waals surface area contributed by atoms with Gasteiger partial charge in [0, 0.05) is 0 Å². The van der Waals surface area contributed by atoms with Crippen LogP contribution in [0.3, 0.4) is 0 Å². The quantitative estimate of drug-likeness (QED) is 0.568. The Balaban J connectivity index is 3.01. The maximum Gasteiger partial charge on any atom is 0.488 e. The largest absolute Gasteiger partial charge is 0.488 e. The van der Waals surface area contributed by atoms with E-state index < -0.39 is 31.1 Å². The molecule has 0 radical (unpaired) electrons. The molecule has 2 N–H and O–H groups in total. The van der Waals surface area contributed by atoms with Gasteiger partial charge in [-0.05, 0) is 17.1 Å². The maximum absolute atomic E-state index is 12.9. The lowest BCUT2D eigenvalue weighted by Gasteiger charge is -2.09. The highest BCUT2D eigenvalue weighted by Gasteiger charge is 2.29. The van der Waals surface area contributed by atoms with Crippen LogP contribution in [0.2, 0.25) is 0 Å². The van der Waals surface area contributed by atoms with Gasteiger partial charge in [-0.2, -0.15) is 13.2 Å². The summed E-state index contributed by atoms with van der Waals surface area (Å²) in [4.78, 5) is 0. The summed E-state index contributed by atoms with van der Waals surface area (Å²) in [5, 5.41) is 17.4. The summed E-state index contributed by atoms with van der Waals surface area (Å²) < 4.78 is 48.8. The molecule has 2 nitrogen and oxygen atoms in total. The Morgan fingerprint density at radius 2 is 1.80 bits per heavy atom. The summed E-state index contributed by atoms with van der Waals surface area (Å²) in [6.07, 6.45) is -5.96. The molecule has 0 aliphatic heterocycles. The molecule has 15 heavy (non-hydrogen) atoms. The molecule has 0 atom stereocenters. The van der Waals surface area contributed by atoms with Crippen LogP contribution in [-0.4, -0.2) is 23.3 Å². The van der Waals surface area contributed by atoms with Crippen LogP contribution in [0.4, 0.5) is 17.6 Å². The molecule has 0 spiro atoms. The van der Waals surface area contributed by atoms with Gasteiger partial charge in [0.25, 0.3) is 0 Å². The first-order chi connectivity index (χ1) is 6.79. The molecule has 1 aromatic rings. The van der Waals surface area contributed by atoms with E-state index in [1.165, 1.54) is 0 Å². The summed E-state index contributed by atoms with van der Waals surface area (Å²) in [6, 6.07) is 2.57. The molecule has 0 aromatic heterocycles. The van der Waals surface area contributed by atoms with Crippen LogP contribution in [0.15, 0.2) is 18.2 Å². The minimum absolute atomic E-state index is 0.171. The van der Waals surface area contributed by atoms with Crippen molar-refractivity contribution in [1.82, 2.24) is 0 Å². The fourth-order valence-electron chi connectivity index (χ4n) is 1.11. The second-order valence-corrected chi connectivity index (χ2v) is 3.02. The van der Waals surface area contributed by atoms with E-state index in [1.807, 2.05) is 0 Å². The van der Waals surface area contributed by atoms with Gasteiger partial charge >= 0.3 is 13.3 Å². The van der Waals surface area contributed by atoms with Crippen LogP contribution >= 0.6 is 0 Å². The average Bonchev–Trinajstić information content (AvgIpc) is 2.06. The van der Waals surface area contributed by atoms with Gasteiger partial charge in [0.15, 0.2) is 0 Å². The summed E-state index contributed by atoms with van der Waals surface area (Å²) in [5.74, 6) is -1.02. The van der Waals surface area contributed by atoms with Gasteiger partial charge in [0.1, 0.15) is 5.82 Å². The summed E-state index contributed by atoms with van der Waals surface area (Å²) in [6.45, 7) is 0. The maximum atomic E-state index is 12.9. The molecule has 0 heterocycles. The number of halogens is 4. The first kappa shape index (κ1) is 12.0. The molecule has 0 aliphatic carbocycles. The zero-order chi connectivity index (χ0) is 11.6. The van der Waals surface area contributed by atoms with Crippen molar-refractivity contribution in [2.24, 2.45) is 0 Å². The SMILES string of the molecule is OB(O)c1ccc(F)c(CC(F)(F)F)c1. The normalized spacial score (nSPS) is 11.6. The Morgan fingerprint density at radius 3 is 2.27 bits per heavy atom. The zero-order valence-electron chi connectivity index (χ0n) is 7.42. The molecule has 0 saturated heterocycles. The molecule has 0 amide bonds. The van der Waals surface area contributed by atoms with E-state index in [2.05, 4.69) is 0 Å². The van der Waals surface area contributed by atoms with Crippen LogP contribution in [0, 0.1) is 5.82 Å². The number of hydrogen-bond donors (Lipinski definition) is 2. The molecule has 0 fully saturated rings. The van der Waals surface area contributed by atoms with Crippen molar-refractivity contribution in [2.75, 3.05) is 0 Å². The van der Waals surface area contributed by atoms with E-state index in [9.17, 15) is 17.6 Å². The van der Waals surface area contributed by atoms with E-state index in [4.69, 9.17) is 10.0 Å². The van der Waals surface area contributed by atoms with Gasteiger partial charge in [-0.1, -0.05) is 12.1 Å². The molecular formula is C8H7BF4O2. The third-order valence-electron chi connectivity index (χ3n) is 1.76. The van der Waals surface area contributed by atoms with E-state index in [1.54, 1.807) is 0 Å². The van der Waals surface area contributed by atoms with Crippen LogP contribution in [0.1, 0.15) is 5.56 Å². The minimum Gasteiger partial charge on any atom is -0.423 e. The molecule has 0 saturated carbocycles. The Kier molecular flexibility index (Phi) is 3.36. The molecule has 0 aliphatic rings. The predicted molar refractivity (Wildman–Crippen MR) is 46.0 cm³/mol. The lowest BCUT2D eigenvalue weighted by Crippen LogP contribution is -2.30. The molecule has 0 unspecified atom stereocenters. The van der Waals surface area contributed by atoms with Crippen molar-refractivity contribution in [1.29, 1.82) is 0 Å². The van der Waals surface area contributed by atoms with Gasteiger partial charge < -0.3 is 10.0 Å². The minimum atomic E-state index is -4.53. The van der Waals surface area contributed by atoms with Crippen LogP contribution in [0.25, 0.3) is 0 Å². The molecule has 0 bridgehead atoms.